The van der Waals surface area contributed by atoms with Gasteiger partial charge in [-0.05, 0) is 61.3 Å². The Morgan fingerprint density at radius 2 is 1.77 bits per heavy atom. The second-order valence-corrected chi connectivity index (χ2v) is 6.11. The molecule has 0 unspecified atom stereocenters. The van der Waals surface area contributed by atoms with Crippen LogP contribution >= 0.6 is 15.9 Å². The predicted octanol–water partition coefficient (Wildman–Crippen LogP) is 3.79. The Morgan fingerprint density at radius 3 is 2.23 bits per heavy atom. The van der Waals surface area contributed by atoms with Crippen LogP contribution in [-0.4, -0.2) is 33.7 Å². The standard InChI is InChI=1S/C17H22BrN3O/c1-5-20(6-2)17(22)15-9-7-14(8-10-15)11-21-13(4)16(18)12(3)19-21/h7-10H,5-6,11H2,1-4H3. The van der Waals surface area contributed by atoms with E-state index >= 15 is 0 Å². The normalized spacial score (nSPS) is 10.8. The van der Waals surface area contributed by atoms with Crippen LogP contribution in [0.1, 0.15) is 41.2 Å². The van der Waals surface area contributed by atoms with E-state index in [0.29, 0.717) is 6.54 Å². The molecule has 0 aliphatic heterocycles. The van der Waals surface area contributed by atoms with Crippen molar-refractivity contribution in [2.24, 2.45) is 0 Å². The van der Waals surface area contributed by atoms with Crippen molar-refractivity contribution in [1.29, 1.82) is 0 Å². The zero-order valence-corrected chi connectivity index (χ0v) is 15.1. The number of carbonyl (C=O) groups excluding carboxylic acids is 1. The summed E-state index contributed by atoms with van der Waals surface area (Å²) in [7, 11) is 0. The van der Waals surface area contributed by atoms with E-state index < -0.39 is 0 Å². The van der Waals surface area contributed by atoms with E-state index in [1.807, 2.05) is 61.5 Å². The summed E-state index contributed by atoms with van der Waals surface area (Å²) in [5.41, 5.74) is 3.97. The molecule has 0 saturated heterocycles. The highest BCUT2D eigenvalue weighted by Crippen LogP contribution is 2.20. The lowest BCUT2D eigenvalue weighted by atomic mass is 10.1. The molecule has 22 heavy (non-hydrogen) atoms. The molecule has 0 aliphatic rings. The maximum absolute atomic E-state index is 12.3. The van der Waals surface area contributed by atoms with Crippen LogP contribution in [-0.2, 0) is 6.54 Å². The molecule has 0 fully saturated rings. The lowest BCUT2D eigenvalue weighted by molar-refractivity contribution is 0.0773. The quantitative estimate of drug-likeness (QED) is 0.810. The monoisotopic (exact) mass is 363 g/mol. The lowest BCUT2D eigenvalue weighted by Gasteiger charge is -2.18. The first-order valence-electron chi connectivity index (χ1n) is 7.55. The molecule has 0 bridgehead atoms. The molecule has 0 radical (unpaired) electrons. The van der Waals surface area contributed by atoms with Gasteiger partial charge in [0.25, 0.3) is 5.91 Å². The van der Waals surface area contributed by atoms with Crippen molar-refractivity contribution in [2.45, 2.75) is 34.2 Å². The van der Waals surface area contributed by atoms with Gasteiger partial charge in [-0.3, -0.25) is 9.48 Å². The lowest BCUT2D eigenvalue weighted by Crippen LogP contribution is -2.30. The van der Waals surface area contributed by atoms with E-state index in [1.54, 1.807) is 0 Å². The van der Waals surface area contributed by atoms with E-state index in [1.165, 1.54) is 0 Å². The summed E-state index contributed by atoms with van der Waals surface area (Å²) in [5, 5.41) is 4.51. The van der Waals surface area contributed by atoms with Gasteiger partial charge in [0.1, 0.15) is 0 Å². The zero-order chi connectivity index (χ0) is 16.3. The van der Waals surface area contributed by atoms with Crippen molar-refractivity contribution in [3.8, 4) is 0 Å². The van der Waals surface area contributed by atoms with Crippen molar-refractivity contribution >= 4 is 21.8 Å². The van der Waals surface area contributed by atoms with Crippen LogP contribution in [0.25, 0.3) is 0 Å². The number of amides is 1. The van der Waals surface area contributed by atoms with E-state index in [0.717, 1.165) is 40.1 Å². The van der Waals surface area contributed by atoms with Crippen molar-refractivity contribution in [3.05, 3.63) is 51.3 Å². The second-order valence-electron chi connectivity index (χ2n) is 5.32. The third-order valence-corrected chi connectivity index (χ3v) is 5.02. The van der Waals surface area contributed by atoms with E-state index in [-0.39, 0.29) is 5.91 Å². The van der Waals surface area contributed by atoms with Crippen LogP contribution in [0, 0.1) is 13.8 Å². The van der Waals surface area contributed by atoms with Gasteiger partial charge in [0.05, 0.1) is 22.4 Å². The number of hydrogen-bond acceptors (Lipinski definition) is 2. The number of benzene rings is 1. The summed E-state index contributed by atoms with van der Waals surface area (Å²) in [4.78, 5) is 14.1. The van der Waals surface area contributed by atoms with Crippen molar-refractivity contribution in [1.82, 2.24) is 14.7 Å². The molecule has 1 aromatic heterocycles. The second kappa shape index (κ2) is 7.09. The highest BCUT2D eigenvalue weighted by molar-refractivity contribution is 9.10. The van der Waals surface area contributed by atoms with E-state index in [2.05, 4.69) is 21.0 Å². The van der Waals surface area contributed by atoms with Crippen LogP contribution in [0.15, 0.2) is 28.7 Å². The number of hydrogen-bond donors (Lipinski definition) is 0. The molecule has 0 saturated carbocycles. The Kier molecular flexibility index (Phi) is 5.40. The van der Waals surface area contributed by atoms with Gasteiger partial charge in [0, 0.05) is 18.7 Å². The molecule has 1 amide bonds. The first-order chi connectivity index (χ1) is 10.5. The Morgan fingerprint density at radius 1 is 1.18 bits per heavy atom. The zero-order valence-electron chi connectivity index (χ0n) is 13.6. The molecule has 0 spiro atoms. The Hall–Kier alpha value is -1.62. The highest BCUT2D eigenvalue weighted by atomic mass is 79.9. The summed E-state index contributed by atoms with van der Waals surface area (Å²) in [6.45, 7) is 10.2. The molecule has 0 aliphatic carbocycles. The van der Waals surface area contributed by atoms with Gasteiger partial charge in [0.2, 0.25) is 0 Å². The first-order valence-corrected chi connectivity index (χ1v) is 8.34. The molecule has 1 aromatic carbocycles. The summed E-state index contributed by atoms with van der Waals surface area (Å²) in [6, 6.07) is 7.80. The largest absolute Gasteiger partial charge is 0.339 e. The molecule has 4 nitrogen and oxygen atoms in total. The minimum Gasteiger partial charge on any atom is -0.339 e. The average molecular weight is 364 g/mol. The predicted molar refractivity (Wildman–Crippen MR) is 92.2 cm³/mol. The number of aromatic nitrogens is 2. The van der Waals surface area contributed by atoms with Gasteiger partial charge < -0.3 is 4.90 Å². The molecule has 0 N–H and O–H groups in total. The maximum Gasteiger partial charge on any atom is 0.253 e. The molecule has 118 valence electrons. The Bertz CT molecular complexity index is 657. The first kappa shape index (κ1) is 16.7. The van der Waals surface area contributed by atoms with Crippen LogP contribution < -0.4 is 0 Å². The molecule has 0 atom stereocenters. The number of rotatable bonds is 5. The number of aryl methyl sites for hydroxylation is 1. The van der Waals surface area contributed by atoms with Gasteiger partial charge in [0.15, 0.2) is 0 Å². The minimum absolute atomic E-state index is 0.0883. The molecular formula is C17H22BrN3O. The van der Waals surface area contributed by atoms with E-state index in [4.69, 9.17) is 0 Å². The average Bonchev–Trinajstić information content (AvgIpc) is 2.76. The summed E-state index contributed by atoms with van der Waals surface area (Å²) < 4.78 is 3.03. The minimum atomic E-state index is 0.0883. The smallest absolute Gasteiger partial charge is 0.253 e. The van der Waals surface area contributed by atoms with Crippen LogP contribution in [0.5, 0.6) is 0 Å². The van der Waals surface area contributed by atoms with Crippen LogP contribution in [0.3, 0.4) is 0 Å². The molecule has 2 aromatic rings. The van der Waals surface area contributed by atoms with Crippen molar-refractivity contribution in [2.75, 3.05) is 13.1 Å². The third-order valence-electron chi connectivity index (χ3n) is 3.88. The topological polar surface area (TPSA) is 38.1 Å². The van der Waals surface area contributed by atoms with Crippen LogP contribution in [0.2, 0.25) is 0 Å². The molecular weight excluding hydrogens is 342 g/mol. The highest BCUT2D eigenvalue weighted by Gasteiger charge is 2.13. The molecule has 2 rings (SSSR count). The molecule has 5 heteroatoms. The van der Waals surface area contributed by atoms with Gasteiger partial charge >= 0.3 is 0 Å². The SMILES string of the molecule is CCN(CC)C(=O)c1ccc(Cn2nc(C)c(Br)c2C)cc1. The van der Waals surface area contributed by atoms with Crippen molar-refractivity contribution < 1.29 is 4.79 Å². The molecule has 1 heterocycles. The van der Waals surface area contributed by atoms with Crippen LogP contribution in [0.4, 0.5) is 0 Å². The number of carbonyl (C=O) groups is 1. The van der Waals surface area contributed by atoms with Gasteiger partial charge in [-0.25, -0.2) is 0 Å². The number of halogens is 1. The number of nitrogens with zero attached hydrogens (tertiary/aromatic N) is 3. The van der Waals surface area contributed by atoms with Crippen molar-refractivity contribution in [3.63, 3.8) is 0 Å². The Labute approximate surface area is 140 Å². The fourth-order valence-electron chi connectivity index (χ4n) is 2.45. The van der Waals surface area contributed by atoms with Gasteiger partial charge in [-0.1, -0.05) is 12.1 Å². The Balaban J connectivity index is 2.15. The maximum atomic E-state index is 12.3. The van der Waals surface area contributed by atoms with Gasteiger partial charge in [-0.15, -0.1) is 0 Å². The fraction of sp³-hybridized carbons (Fsp3) is 0.412. The van der Waals surface area contributed by atoms with Gasteiger partial charge in [-0.2, -0.15) is 5.10 Å². The van der Waals surface area contributed by atoms with E-state index in [9.17, 15) is 4.79 Å². The fourth-order valence-corrected chi connectivity index (χ4v) is 2.73. The summed E-state index contributed by atoms with van der Waals surface area (Å²) in [5.74, 6) is 0.0883. The summed E-state index contributed by atoms with van der Waals surface area (Å²) >= 11 is 3.54. The summed E-state index contributed by atoms with van der Waals surface area (Å²) in [6.07, 6.45) is 0. The third kappa shape index (κ3) is 3.40.